The van der Waals surface area contributed by atoms with E-state index in [0.29, 0.717) is 11.5 Å². The Balaban J connectivity index is 0.000000527. The van der Waals surface area contributed by atoms with Crippen molar-refractivity contribution in [3.63, 3.8) is 0 Å². The van der Waals surface area contributed by atoms with Gasteiger partial charge in [-0.2, -0.15) is 0 Å². The molecule has 0 aliphatic heterocycles. The summed E-state index contributed by atoms with van der Waals surface area (Å²) < 4.78 is 11.8. The smallest absolute Gasteiger partial charge is 0.196 e. The van der Waals surface area contributed by atoms with Crippen molar-refractivity contribution in [2.75, 3.05) is 13.2 Å². The Bertz CT molecular complexity index is 4940. The van der Waals surface area contributed by atoms with Gasteiger partial charge in [0.05, 0.1) is 0 Å². The maximum absolute atomic E-state index is 13.0. The Labute approximate surface area is 566 Å². The van der Waals surface area contributed by atoms with Crippen LogP contribution in [-0.2, 0) is 47.5 Å². The first-order valence-corrected chi connectivity index (χ1v) is 32.3. The molecule has 1 N–H and O–H groups in total. The van der Waals surface area contributed by atoms with Crippen LogP contribution in [0, 0.1) is 6.07 Å². The fourth-order valence-electron chi connectivity index (χ4n) is 15.1. The van der Waals surface area contributed by atoms with Crippen LogP contribution in [0.3, 0.4) is 0 Å². The third-order valence-corrected chi connectivity index (χ3v) is 20.3. The van der Waals surface area contributed by atoms with Gasteiger partial charge in [-0.3, -0.25) is 4.79 Å². The number of carbonyl (C=O) groups excluding carboxylic acids is 1. The van der Waals surface area contributed by atoms with Crippen LogP contribution in [0.15, 0.2) is 267 Å². The first-order valence-electron chi connectivity index (χ1n) is 32.3. The Kier molecular flexibility index (Phi) is 15.6. The number of nitrogens with zero attached hydrogens (tertiary/aromatic N) is 1. The minimum Gasteiger partial charge on any atom is -0.509 e. The fourth-order valence-corrected chi connectivity index (χ4v) is 15.1. The van der Waals surface area contributed by atoms with Crippen molar-refractivity contribution in [1.29, 1.82) is 0 Å². The molecule has 5 nitrogen and oxygen atoms in total. The zero-order valence-electron chi connectivity index (χ0n) is 54.2. The van der Waals surface area contributed by atoms with Crippen molar-refractivity contribution in [1.82, 2.24) is 4.98 Å². The average Bonchev–Trinajstić information content (AvgIpc) is 1.59. The van der Waals surface area contributed by atoms with E-state index >= 15 is 0 Å². The van der Waals surface area contributed by atoms with E-state index in [4.69, 9.17) is 9.47 Å². The monoisotopic (exact) mass is 1400 g/mol. The summed E-state index contributed by atoms with van der Waals surface area (Å²) in [5.41, 5.74) is 32.2. The predicted molar refractivity (Wildman–Crippen MR) is 380 cm³/mol. The number of ether oxygens (including phenoxy) is 2. The maximum atomic E-state index is 13.0. The number of aromatic nitrogens is 1. The van der Waals surface area contributed by atoms with E-state index in [-0.39, 0.29) is 67.5 Å². The number of aliphatic hydroxyl groups excluding tert-OH is 1. The second kappa shape index (κ2) is 23.9. The van der Waals surface area contributed by atoms with Gasteiger partial charge >= 0.3 is 0 Å². The van der Waals surface area contributed by atoms with Crippen molar-refractivity contribution in [3.8, 4) is 112 Å². The van der Waals surface area contributed by atoms with Gasteiger partial charge in [-0.15, -0.1) is 35.9 Å². The van der Waals surface area contributed by atoms with E-state index in [1.165, 1.54) is 117 Å². The fraction of sp³-hybridized carbons (Fsp3) is 0.159. The number of ketones is 1. The number of hydrogen-bond donors (Lipinski definition) is 1. The first-order chi connectivity index (χ1) is 44.9. The van der Waals surface area contributed by atoms with Gasteiger partial charge in [-0.05, 0) is 206 Å². The first kappa shape index (κ1) is 61.6. The standard InChI is InChI=1S/C77H64O4.C11H8N.Pt/c1-74(2)66-15-11-9-13-58(66)60-33-23-50(39-68(60)74)52-25-35-64-62-31-21-48(37-70(62)76(5,6)72(64)41-52)46-17-27-56(28-18-46)80-44-54(78)43-55(79)45-81-57-29-19-47(20-30-57)49-22-32-63-65-36-26-53(42-73(65)77(7,8)71(63)38-49)51-24-34-61-59-14-10-12-16-67(59)75(3,4)69(61)40-51;1-2-6-10(7-3-1)11-8-4-5-9-12-11;/h9-43,78H,44-45H2,1-8H3;1-6,8-9H;/q;-1;/b54-43-;;. The number of fused-ring (bicyclic) bond motifs is 12. The zero-order chi connectivity index (χ0) is 64.0. The molecule has 0 atom stereocenters. The summed E-state index contributed by atoms with van der Waals surface area (Å²) in [5, 5.41) is 10.7. The molecule has 0 saturated heterocycles. The number of benzene rings is 11. The van der Waals surface area contributed by atoms with Gasteiger partial charge in [0, 0.05) is 55.0 Å². The number of pyridine rings is 1. The minimum absolute atomic E-state index is 0. The largest absolute Gasteiger partial charge is 0.509 e. The summed E-state index contributed by atoms with van der Waals surface area (Å²) in [6.07, 6.45) is 2.97. The van der Waals surface area contributed by atoms with Gasteiger partial charge in [0.1, 0.15) is 23.9 Å². The number of aliphatic hydroxyl groups is 1. The third kappa shape index (κ3) is 10.7. The van der Waals surface area contributed by atoms with Gasteiger partial charge in [-0.1, -0.05) is 213 Å². The molecule has 4 aliphatic rings. The molecule has 0 fully saturated rings. The van der Waals surface area contributed by atoms with Crippen molar-refractivity contribution in [2.24, 2.45) is 0 Å². The van der Waals surface area contributed by atoms with E-state index in [9.17, 15) is 9.90 Å². The van der Waals surface area contributed by atoms with Crippen LogP contribution < -0.4 is 9.47 Å². The van der Waals surface area contributed by atoms with Crippen molar-refractivity contribution < 1.29 is 40.4 Å². The summed E-state index contributed by atoms with van der Waals surface area (Å²) in [4.78, 5) is 17.2. The summed E-state index contributed by atoms with van der Waals surface area (Å²) in [5.74, 6) is 0.633. The molecule has 0 spiro atoms. The van der Waals surface area contributed by atoms with Crippen molar-refractivity contribution in [2.45, 2.75) is 77.0 Å². The third-order valence-electron chi connectivity index (χ3n) is 20.3. The molecule has 11 aromatic carbocycles. The number of carbonyl (C=O) groups is 1. The molecule has 12 aromatic rings. The topological polar surface area (TPSA) is 68.7 Å². The van der Waals surface area contributed by atoms with Gasteiger partial charge in [0.2, 0.25) is 0 Å². The Hall–Kier alpha value is -9.93. The van der Waals surface area contributed by atoms with Crippen LogP contribution in [-0.4, -0.2) is 29.1 Å². The van der Waals surface area contributed by atoms with E-state index in [0.717, 1.165) is 33.5 Å². The molecule has 1 heterocycles. The second-order valence-corrected chi connectivity index (χ2v) is 27.4. The molecule has 0 unspecified atom stereocenters. The van der Waals surface area contributed by atoms with Crippen molar-refractivity contribution in [3.05, 3.63) is 317 Å². The van der Waals surface area contributed by atoms with Gasteiger partial charge < -0.3 is 19.6 Å². The molecule has 464 valence electrons. The second-order valence-electron chi connectivity index (χ2n) is 27.4. The Morgan fingerprint density at radius 1 is 0.372 bits per heavy atom. The van der Waals surface area contributed by atoms with Gasteiger partial charge in [0.25, 0.3) is 0 Å². The van der Waals surface area contributed by atoms with Crippen LogP contribution in [0.5, 0.6) is 11.5 Å². The summed E-state index contributed by atoms with van der Waals surface area (Å²) in [6.45, 7) is 18.3. The molecule has 4 aliphatic carbocycles. The SMILES string of the molecule is CC1(C)c2ccccc2-c2ccc(-c3ccc4c(c3)C(C)(C)c3cc(-c5ccc(OCC(=O)/C=C(\O)COc6ccc(-c7ccc8c(c7)C(C)(C)c7cc(-c9ccc%10c(c9)C(C)(C)c9ccccc9-%10)ccc7-8)cc6)cc5)ccc3-4)cc21.[Pt].[c-]1ccccc1-c1ccccn1. The quantitative estimate of drug-likeness (QED) is 0.0750. The van der Waals surface area contributed by atoms with Crippen molar-refractivity contribution >= 4 is 5.78 Å². The summed E-state index contributed by atoms with van der Waals surface area (Å²) in [6, 6.07) is 91.7. The summed E-state index contributed by atoms with van der Waals surface area (Å²) >= 11 is 0. The van der Waals surface area contributed by atoms with Gasteiger partial charge in [0.15, 0.2) is 12.4 Å². The van der Waals surface area contributed by atoms with Crippen LogP contribution in [0.1, 0.15) is 99.9 Å². The summed E-state index contributed by atoms with van der Waals surface area (Å²) in [7, 11) is 0. The Morgan fingerprint density at radius 2 is 0.691 bits per heavy atom. The molecule has 0 radical (unpaired) electrons. The molecule has 94 heavy (non-hydrogen) atoms. The molecular weight excluding hydrogens is 1330 g/mol. The van der Waals surface area contributed by atoms with E-state index in [2.05, 4.69) is 224 Å². The molecule has 0 saturated carbocycles. The minimum atomic E-state index is -0.360. The molecule has 0 bridgehead atoms. The number of hydrogen-bond acceptors (Lipinski definition) is 5. The molecule has 6 heteroatoms. The van der Waals surface area contributed by atoms with E-state index in [1.807, 2.05) is 91.0 Å². The number of rotatable bonds is 12. The predicted octanol–water partition coefficient (Wildman–Crippen LogP) is 21.6. The molecule has 0 amide bonds. The molecule has 1 aromatic heterocycles. The molecule has 16 rings (SSSR count). The van der Waals surface area contributed by atoms with Crippen LogP contribution in [0.25, 0.3) is 100 Å². The van der Waals surface area contributed by atoms with Crippen LogP contribution in [0.2, 0.25) is 0 Å². The van der Waals surface area contributed by atoms with E-state index < -0.39 is 0 Å². The average molecular weight is 1400 g/mol. The maximum Gasteiger partial charge on any atom is 0.196 e. The Morgan fingerprint density at radius 3 is 1.05 bits per heavy atom. The van der Waals surface area contributed by atoms with Crippen LogP contribution >= 0.6 is 0 Å². The van der Waals surface area contributed by atoms with E-state index in [1.54, 1.807) is 6.20 Å². The normalized spacial score (nSPS) is 14.7. The molecular formula is C88H72NO4Pt-. The van der Waals surface area contributed by atoms with Crippen LogP contribution in [0.4, 0.5) is 0 Å². The van der Waals surface area contributed by atoms with Gasteiger partial charge in [-0.25, -0.2) is 0 Å². The zero-order valence-corrected chi connectivity index (χ0v) is 56.4.